The molecule has 0 aliphatic carbocycles. The number of rotatable bonds is 3. The summed E-state index contributed by atoms with van der Waals surface area (Å²) in [6, 6.07) is 0. The van der Waals surface area contributed by atoms with E-state index in [-0.39, 0.29) is 0 Å². The highest BCUT2D eigenvalue weighted by molar-refractivity contribution is 5.67. The van der Waals surface area contributed by atoms with Crippen molar-refractivity contribution in [1.29, 1.82) is 0 Å². The molecule has 0 atom stereocenters. The molecular formula is C13H19NO2. The van der Waals surface area contributed by atoms with E-state index in [1.807, 2.05) is 39.8 Å². The van der Waals surface area contributed by atoms with E-state index in [4.69, 9.17) is 11.2 Å². The minimum absolute atomic E-state index is 0.421. The fourth-order valence-corrected chi connectivity index (χ4v) is 0.881. The number of ether oxygens (including phenoxy) is 1. The highest BCUT2D eigenvalue weighted by Crippen LogP contribution is 2.06. The number of hydrogen-bond donors (Lipinski definition) is 1. The van der Waals surface area contributed by atoms with Gasteiger partial charge in [-0.1, -0.05) is 18.1 Å². The Morgan fingerprint density at radius 1 is 1.50 bits per heavy atom. The van der Waals surface area contributed by atoms with E-state index in [1.165, 1.54) is 0 Å². The van der Waals surface area contributed by atoms with E-state index in [1.54, 1.807) is 6.08 Å². The summed E-state index contributed by atoms with van der Waals surface area (Å²) in [5.74, 6) is 2.42. The number of hydrogen-bond acceptors (Lipinski definition) is 2. The molecule has 0 unspecified atom stereocenters. The number of nitrogens with one attached hydrogen (secondary N) is 1. The van der Waals surface area contributed by atoms with E-state index < -0.39 is 11.7 Å². The quantitative estimate of drug-likeness (QED) is 0.587. The second-order valence-electron chi connectivity index (χ2n) is 4.34. The third-order valence-electron chi connectivity index (χ3n) is 1.45. The van der Waals surface area contributed by atoms with Gasteiger partial charge in [0.1, 0.15) is 5.60 Å². The van der Waals surface area contributed by atoms with E-state index in [0.29, 0.717) is 6.54 Å². The molecule has 1 amide bonds. The summed E-state index contributed by atoms with van der Waals surface area (Å²) in [7, 11) is 0. The number of alkyl carbamates (subject to hydrolysis) is 1. The second-order valence-corrected chi connectivity index (χ2v) is 4.34. The zero-order valence-electron chi connectivity index (χ0n) is 10.3. The van der Waals surface area contributed by atoms with Crippen molar-refractivity contribution in [2.24, 2.45) is 0 Å². The normalized spacial score (nSPS) is 12.3. The molecule has 0 saturated heterocycles. The van der Waals surface area contributed by atoms with Crippen molar-refractivity contribution in [1.82, 2.24) is 5.32 Å². The highest BCUT2D eigenvalue weighted by Gasteiger charge is 2.14. The topological polar surface area (TPSA) is 38.3 Å². The molecule has 0 radical (unpaired) electrons. The van der Waals surface area contributed by atoms with Crippen LogP contribution >= 0.6 is 0 Å². The summed E-state index contributed by atoms with van der Waals surface area (Å²) in [5.41, 5.74) is 0.501. The van der Waals surface area contributed by atoms with Crippen molar-refractivity contribution in [3.8, 4) is 12.3 Å². The Labute approximate surface area is 97.6 Å². The first-order valence-corrected chi connectivity index (χ1v) is 5.11. The van der Waals surface area contributed by atoms with Crippen molar-refractivity contribution in [3.63, 3.8) is 0 Å². The van der Waals surface area contributed by atoms with E-state index in [2.05, 4.69) is 11.2 Å². The molecule has 0 aromatic heterocycles. The van der Waals surface area contributed by atoms with Gasteiger partial charge in [0.15, 0.2) is 0 Å². The van der Waals surface area contributed by atoms with Crippen LogP contribution < -0.4 is 5.32 Å². The Morgan fingerprint density at radius 3 is 2.62 bits per heavy atom. The van der Waals surface area contributed by atoms with Crippen LogP contribution in [0, 0.1) is 12.3 Å². The largest absolute Gasteiger partial charge is 0.444 e. The number of terminal acetylenes is 1. The van der Waals surface area contributed by atoms with Gasteiger partial charge in [-0.05, 0) is 39.3 Å². The molecule has 88 valence electrons. The number of allylic oxidation sites excluding steroid dienone is 3. The molecule has 0 bridgehead atoms. The van der Waals surface area contributed by atoms with Gasteiger partial charge in [0.25, 0.3) is 0 Å². The minimum Gasteiger partial charge on any atom is -0.444 e. The van der Waals surface area contributed by atoms with Crippen molar-refractivity contribution in [2.75, 3.05) is 6.54 Å². The Morgan fingerprint density at radius 2 is 2.12 bits per heavy atom. The monoisotopic (exact) mass is 221 g/mol. The maximum Gasteiger partial charge on any atom is 0.407 e. The molecule has 0 rings (SSSR count). The van der Waals surface area contributed by atoms with Crippen molar-refractivity contribution < 1.29 is 9.53 Å². The van der Waals surface area contributed by atoms with E-state index in [0.717, 1.165) is 5.57 Å². The number of carbonyl (C=O) groups is 1. The third-order valence-corrected chi connectivity index (χ3v) is 1.45. The maximum atomic E-state index is 11.2. The molecule has 0 saturated carbocycles. The molecule has 0 heterocycles. The van der Waals surface area contributed by atoms with Gasteiger partial charge in [-0.3, -0.25) is 0 Å². The van der Waals surface area contributed by atoms with Crippen LogP contribution in [-0.4, -0.2) is 18.2 Å². The second kappa shape index (κ2) is 6.73. The highest BCUT2D eigenvalue weighted by atomic mass is 16.6. The molecule has 0 fully saturated rings. The molecule has 0 aromatic carbocycles. The van der Waals surface area contributed by atoms with Gasteiger partial charge in [0, 0.05) is 6.54 Å². The predicted octanol–water partition coefficient (Wildman–Crippen LogP) is 2.65. The summed E-state index contributed by atoms with van der Waals surface area (Å²) < 4.78 is 5.06. The SMILES string of the molecule is C#C/C=C(C)\C=C/CNC(=O)OC(C)(C)C. The standard InChI is InChI=1S/C13H19NO2/c1-6-8-11(2)9-7-10-14-12(15)16-13(3,4)5/h1,7-9H,10H2,2-5H3,(H,14,15)/b9-7-,11-8-. The summed E-state index contributed by atoms with van der Waals surface area (Å²) in [6.07, 6.45) is 9.99. The van der Waals surface area contributed by atoms with E-state index in [9.17, 15) is 4.79 Å². The van der Waals surface area contributed by atoms with Crippen LogP contribution in [0.3, 0.4) is 0 Å². The lowest BCUT2D eigenvalue weighted by atomic mass is 10.2. The molecule has 0 aliphatic heterocycles. The Balaban J connectivity index is 3.88. The lowest BCUT2D eigenvalue weighted by molar-refractivity contribution is 0.0534. The molecule has 0 aromatic rings. The molecule has 16 heavy (non-hydrogen) atoms. The molecule has 1 N–H and O–H groups in total. The third kappa shape index (κ3) is 8.89. The van der Waals surface area contributed by atoms with Crippen LogP contribution in [0.2, 0.25) is 0 Å². The van der Waals surface area contributed by atoms with Gasteiger partial charge < -0.3 is 10.1 Å². The van der Waals surface area contributed by atoms with Crippen LogP contribution in [0.5, 0.6) is 0 Å². The first kappa shape index (κ1) is 14.3. The number of carbonyl (C=O) groups excluding carboxylic acids is 1. The summed E-state index contributed by atoms with van der Waals surface area (Å²) >= 11 is 0. The van der Waals surface area contributed by atoms with E-state index >= 15 is 0 Å². The van der Waals surface area contributed by atoms with Crippen LogP contribution in [-0.2, 0) is 4.74 Å². The Kier molecular flexibility index (Phi) is 6.02. The van der Waals surface area contributed by atoms with Gasteiger partial charge in [0.2, 0.25) is 0 Å². The van der Waals surface area contributed by atoms with Crippen LogP contribution in [0.4, 0.5) is 4.79 Å². The molecular weight excluding hydrogens is 202 g/mol. The zero-order valence-corrected chi connectivity index (χ0v) is 10.3. The molecule has 0 spiro atoms. The smallest absolute Gasteiger partial charge is 0.407 e. The van der Waals surface area contributed by atoms with Crippen LogP contribution in [0.25, 0.3) is 0 Å². The summed E-state index contributed by atoms with van der Waals surface area (Å²) in [4.78, 5) is 11.2. The van der Waals surface area contributed by atoms with Gasteiger partial charge in [-0.25, -0.2) is 4.79 Å². The van der Waals surface area contributed by atoms with Crippen LogP contribution in [0.15, 0.2) is 23.8 Å². The van der Waals surface area contributed by atoms with Crippen LogP contribution in [0.1, 0.15) is 27.7 Å². The van der Waals surface area contributed by atoms with Gasteiger partial charge in [-0.2, -0.15) is 0 Å². The Bertz CT molecular complexity index is 327. The first-order chi connectivity index (χ1) is 7.35. The van der Waals surface area contributed by atoms with Gasteiger partial charge in [-0.15, -0.1) is 6.42 Å². The minimum atomic E-state index is -0.465. The predicted molar refractivity (Wildman–Crippen MR) is 66.0 cm³/mol. The Hall–Kier alpha value is -1.69. The fourth-order valence-electron chi connectivity index (χ4n) is 0.881. The average Bonchev–Trinajstić information content (AvgIpc) is 2.10. The summed E-state index contributed by atoms with van der Waals surface area (Å²) in [6.45, 7) is 7.78. The lowest BCUT2D eigenvalue weighted by Gasteiger charge is -2.19. The number of amides is 1. The van der Waals surface area contributed by atoms with Crippen molar-refractivity contribution in [3.05, 3.63) is 23.8 Å². The fraction of sp³-hybridized carbons (Fsp3) is 0.462. The van der Waals surface area contributed by atoms with Crippen molar-refractivity contribution >= 4 is 6.09 Å². The molecule has 3 heteroatoms. The van der Waals surface area contributed by atoms with Crippen molar-refractivity contribution in [2.45, 2.75) is 33.3 Å². The maximum absolute atomic E-state index is 11.2. The van der Waals surface area contributed by atoms with Gasteiger partial charge in [0.05, 0.1) is 0 Å². The first-order valence-electron chi connectivity index (χ1n) is 5.11. The average molecular weight is 221 g/mol. The zero-order chi connectivity index (χ0) is 12.6. The van der Waals surface area contributed by atoms with Gasteiger partial charge >= 0.3 is 6.09 Å². The molecule has 3 nitrogen and oxygen atoms in total. The molecule has 0 aliphatic rings. The lowest BCUT2D eigenvalue weighted by Crippen LogP contribution is -2.32. The summed E-state index contributed by atoms with van der Waals surface area (Å²) in [5, 5.41) is 2.61.